The van der Waals surface area contributed by atoms with Crippen molar-refractivity contribution in [3.05, 3.63) is 71.9 Å². The predicted molar refractivity (Wildman–Crippen MR) is 164 cm³/mol. The maximum Gasteiger partial charge on any atom is 0.259 e. The molecule has 0 bridgehead atoms. The number of carbonyl (C=O) groups excluding carboxylic acids is 2. The van der Waals surface area contributed by atoms with Crippen LogP contribution in [0, 0.1) is 6.92 Å². The van der Waals surface area contributed by atoms with Gasteiger partial charge in [-0.05, 0) is 31.5 Å². The van der Waals surface area contributed by atoms with Gasteiger partial charge in [-0.3, -0.25) is 9.59 Å². The standard InChI is InChI=1S/C33H45N5O2/c1-3-4-5-6-7-8-9-10-11-12-16-22-31(39)34-25-32(40)36-35-24-29-26-38(30-20-14-13-15-21-30)37-33(29)28-19-17-18-27(2)23-28/h13-15,17-21,23-24,26H,3-12,16,22,25H2,1-2H3,(H,34,39)(H,36,40)/b35-24-. The fourth-order valence-corrected chi connectivity index (χ4v) is 4.64. The Bertz CT molecular complexity index is 1200. The number of hydrazone groups is 1. The lowest BCUT2D eigenvalue weighted by Crippen LogP contribution is -2.34. The molecule has 0 saturated heterocycles. The Balaban J connectivity index is 1.39. The van der Waals surface area contributed by atoms with E-state index < -0.39 is 0 Å². The van der Waals surface area contributed by atoms with Crippen LogP contribution in [0.2, 0.25) is 0 Å². The van der Waals surface area contributed by atoms with Crippen LogP contribution in [0.4, 0.5) is 0 Å². The summed E-state index contributed by atoms with van der Waals surface area (Å²) in [5.41, 5.74) is 7.09. The first kappa shape index (κ1) is 30.8. The smallest absolute Gasteiger partial charge is 0.259 e. The molecule has 1 heterocycles. The van der Waals surface area contributed by atoms with Crippen LogP contribution in [-0.4, -0.2) is 34.4 Å². The van der Waals surface area contributed by atoms with Crippen molar-refractivity contribution in [2.45, 2.75) is 90.9 Å². The van der Waals surface area contributed by atoms with Crippen molar-refractivity contribution in [2.24, 2.45) is 5.10 Å². The third kappa shape index (κ3) is 11.2. The van der Waals surface area contributed by atoms with Gasteiger partial charge in [-0.2, -0.15) is 10.2 Å². The second-order valence-electron chi connectivity index (χ2n) is 10.4. The normalized spacial score (nSPS) is 11.2. The van der Waals surface area contributed by atoms with Gasteiger partial charge in [-0.25, -0.2) is 10.1 Å². The molecule has 3 aromatic rings. The van der Waals surface area contributed by atoms with Crippen molar-refractivity contribution >= 4 is 18.0 Å². The summed E-state index contributed by atoms with van der Waals surface area (Å²) in [5, 5.41) is 11.6. The number of aryl methyl sites for hydroxylation is 1. The molecular formula is C33H45N5O2. The monoisotopic (exact) mass is 543 g/mol. The molecule has 0 atom stereocenters. The van der Waals surface area contributed by atoms with Crippen LogP contribution in [0.25, 0.3) is 16.9 Å². The van der Waals surface area contributed by atoms with E-state index in [0.29, 0.717) is 6.42 Å². The van der Waals surface area contributed by atoms with Crippen LogP contribution in [0.1, 0.15) is 95.1 Å². The van der Waals surface area contributed by atoms with Crippen LogP contribution in [0.15, 0.2) is 65.9 Å². The summed E-state index contributed by atoms with van der Waals surface area (Å²) in [4.78, 5) is 24.4. The van der Waals surface area contributed by atoms with Crippen molar-refractivity contribution < 1.29 is 9.59 Å². The zero-order valence-corrected chi connectivity index (χ0v) is 24.2. The van der Waals surface area contributed by atoms with Crippen molar-refractivity contribution in [3.8, 4) is 16.9 Å². The Labute approximate surface area is 239 Å². The van der Waals surface area contributed by atoms with Gasteiger partial charge >= 0.3 is 0 Å². The Kier molecular flexibility index (Phi) is 13.7. The van der Waals surface area contributed by atoms with Crippen molar-refractivity contribution in [1.29, 1.82) is 0 Å². The van der Waals surface area contributed by atoms with E-state index in [1.165, 1.54) is 57.8 Å². The van der Waals surface area contributed by atoms with E-state index in [9.17, 15) is 9.59 Å². The lowest BCUT2D eigenvalue weighted by Gasteiger charge is -2.05. The SMILES string of the molecule is CCCCCCCCCCCCCC(=O)NCC(=O)N/N=C\c1cn(-c2ccccc2)nc1-c1cccc(C)c1. The lowest BCUT2D eigenvalue weighted by atomic mass is 10.1. The van der Waals surface area contributed by atoms with Crippen LogP contribution in [0.3, 0.4) is 0 Å². The molecule has 40 heavy (non-hydrogen) atoms. The zero-order valence-electron chi connectivity index (χ0n) is 24.2. The fourth-order valence-electron chi connectivity index (χ4n) is 4.64. The molecule has 0 unspecified atom stereocenters. The van der Waals surface area contributed by atoms with Gasteiger partial charge in [0.05, 0.1) is 18.4 Å². The fraction of sp³-hybridized carbons (Fsp3) is 0.455. The minimum absolute atomic E-state index is 0.0950. The molecule has 214 valence electrons. The van der Waals surface area contributed by atoms with Gasteiger partial charge in [0.1, 0.15) is 5.69 Å². The highest BCUT2D eigenvalue weighted by Crippen LogP contribution is 2.23. The summed E-state index contributed by atoms with van der Waals surface area (Å²) >= 11 is 0. The zero-order chi connectivity index (χ0) is 28.4. The largest absolute Gasteiger partial charge is 0.347 e. The van der Waals surface area contributed by atoms with E-state index in [4.69, 9.17) is 5.10 Å². The summed E-state index contributed by atoms with van der Waals surface area (Å²) in [6.45, 7) is 4.19. The van der Waals surface area contributed by atoms with Gasteiger partial charge in [-0.1, -0.05) is 113 Å². The Hall–Kier alpha value is -3.74. The first-order chi connectivity index (χ1) is 19.6. The first-order valence-electron chi connectivity index (χ1n) is 14.9. The van der Waals surface area contributed by atoms with E-state index in [-0.39, 0.29) is 18.4 Å². The molecule has 2 N–H and O–H groups in total. The Morgan fingerprint density at radius 3 is 2.20 bits per heavy atom. The second-order valence-corrected chi connectivity index (χ2v) is 10.4. The van der Waals surface area contributed by atoms with Crippen LogP contribution in [-0.2, 0) is 9.59 Å². The number of rotatable bonds is 18. The summed E-state index contributed by atoms with van der Waals surface area (Å²) in [5.74, 6) is -0.461. The topological polar surface area (TPSA) is 88.4 Å². The Morgan fingerprint density at radius 2 is 1.52 bits per heavy atom. The molecule has 1 aromatic heterocycles. The first-order valence-corrected chi connectivity index (χ1v) is 14.9. The number of carbonyl (C=O) groups is 2. The molecule has 0 aliphatic heterocycles. The van der Waals surface area contributed by atoms with Gasteiger partial charge < -0.3 is 5.32 Å². The van der Waals surface area contributed by atoms with Crippen molar-refractivity contribution in [1.82, 2.24) is 20.5 Å². The minimum Gasteiger partial charge on any atom is -0.347 e. The van der Waals surface area contributed by atoms with E-state index in [1.54, 1.807) is 10.9 Å². The van der Waals surface area contributed by atoms with Crippen LogP contribution < -0.4 is 10.7 Å². The molecular weight excluding hydrogens is 498 g/mol. The number of unbranched alkanes of at least 4 members (excludes halogenated alkanes) is 10. The molecule has 0 spiro atoms. The van der Waals surface area contributed by atoms with Crippen LogP contribution in [0.5, 0.6) is 0 Å². The number of hydrogen-bond acceptors (Lipinski definition) is 4. The van der Waals surface area contributed by atoms with Gasteiger partial charge in [-0.15, -0.1) is 0 Å². The average molecular weight is 544 g/mol. The van der Waals surface area contributed by atoms with Gasteiger partial charge in [0.15, 0.2) is 0 Å². The number of benzene rings is 2. The molecule has 7 heteroatoms. The summed E-state index contributed by atoms with van der Waals surface area (Å²) in [6, 6.07) is 18.0. The van der Waals surface area contributed by atoms with Gasteiger partial charge in [0.2, 0.25) is 5.91 Å². The van der Waals surface area contributed by atoms with Gasteiger partial charge in [0.25, 0.3) is 5.91 Å². The third-order valence-corrected chi connectivity index (χ3v) is 6.90. The highest BCUT2D eigenvalue weighted by atomic mass is 16.2. The molecule has 0 aliphatic rings. The number of aromatic nitrogens is 2. The summed E-state index contributed by atoms with van der Waals surface area (Å²) in [7, 11) is 0. The van der Waals surface area contributed by atoms with E-state index in [0.717, 1.165) is 40.9 Å². The summed E-state index contributed by atoms with van der Waals surface area (Å²) < 4.78 is 1.80. The molecule has 3 rings (SSSR count). The molecule has 0 aliphatic carbocycles. The molecule has 7 nitrogen and oxygen atoms in total. The maximum atomic E-state index is 12.3. The number of nitrogens with one attached hydrogen (secondary N) is 2. The molecule has 2 amide bonds. The van der Waals surface area contributed by atoms with E-state index >= 15 is 0 Å². The van der Waals surface area contributed by atoms with Gasteiger partial charge in [0, 0.05) is 23.7 Å². The Morgan fingerprint density at radius 1 is 0.850 bits per heavy atom. The number of nitrogens with zero attached hydrogens (tertiary/aromatic N) is 3. The van der Waals surface area contributed by atoms with E-state index in [1.807, 2.05) is 61.7 Å². The number of hydrogen-bond donors (Lipinski definition) is 2. The average Bonchev–Trinajstić information content (AvgIpc) is 3.39. The summed E-state index contributed by atoms with van der Waals surface area (Å²) in [6.07, 6.45) is 17.6. The van der Waals surface area contributed by atoms with E-state index in [2.05, 4.69) is 28.8 Å². The lowest BCUT2D eigenvalue weighted by molar-refractivity contribution is -0.126. The highest BCUT2D eigenvalue weighted by molar-refractivity contribution is 5.90. The van der Waals surface area contributed by atoms with Crippen molar-refractivity contribution in [3.63, 3.8) is 0 Å². The second kappa shape index (κ2) is 17.8. The minimum atomic E-state index is -0.365. The molecule has 0 fully saturated rings. The highest BCUT2D eigenvalue weighted by Gasteiger charge is 2.12. The maximum absolute atomic E-state index is 12.3. The molecule has 0 saturated carbocycles. The number of amides is 2. The molecule has 0 radical (unpaired) electrons. The molecule has 2 aromatic carbocycles. The quantitative estimate of drug-likeness (QED) is 0.102. The predicted octanol–water partition coefficient (Wildman–Crippen LogP) is 7.12. The van der Waals surface area contributed by atoms with Crippen LogP contribution >= 0.6 is 0 Å². The van der Waals surface area contributed by atoms with Crippen molar-refractivity contribution in [2.75, 3.05) is 6.54 Å². The number of para-hydroxylation sites is 1. The third-order valence-electron chi connectivity index (χ3n) is 6.90.